The molecule has 0 aromatic rings. The molecular weight excluding hydrogens is 214 g/mol. The van der Waals surface area contributed by atoms with Gasteiger partial charge in [-0.15, -0.1) is 0 Å². The molecule has 0 radical (unpaired) electrons. The Balaban J connectivity index is 2.35. The molecule has 0 aliphatic heterocycles. The molecule has 1 saturated carbocycles. The van der Waals surface area contributed by atoms with Crippen LogP contribution in [0, 0.1) is 11.8 Å². The highest BCUT2D eigenvalue weighted by Crippen LogP contribution is 2.38. The van der Waals surface area contributed by atoms with E-state index in [-0.39, 0.29) is 18.6 Å². The molecule has 16 heavy (non-hydrogen) atoms. The first-order valence-corrected chi connectivity index (χ1v) is 5.23. The molecule has 0 heterocycles. The van der Waals surface area contributed by atoms with Gasteiger partial charge in [0.25, 0.3) is 0 Å². The molecule has 1 amide bonds. The lowest BCUT2D eigenvalue weighted by Gasteiger charge is -2.16. The normalized spacial score (nSPS) is 24.9. The van der Waals surface area contributed by atoms with E-state index in [1.807, 2.05) is 0 Å². The Morgan fingerprint density at radius 3 is 2.62 bits per heavy atom. The summed E-state index contributed by atoms with van der Waals surface area (Å²) < 4.78 is 4.89. The Labute approximate surface area is 93.6 Å². The van der Waals surface area contributed by atoms with Crippen molar-refractivity contribution in [2.45, 2.75) is 18.9 Å². The second-order valence-corrected chi connectivity index (χ2v) is 3.96. The average molecular weight is 231 g/mol. The number of carbonyl (C=O) groups excluding carboxylic acids is 1. The highest BCUT2D eigenvalue weighted by Gasteiger charge is 2.48. The van der Waals surface area contributed by atoms with Crippen molar-refractivity contribution in [3.8, 4) is 0 Å². The summed E-state index contributed by atoms with van der Waals surface area (Å²) >= 11 is 0. The second-order valence-electron chi connectivity index (χ2n) is 3.96. The van der Waals surface area contributed by atoms with E-state index in [9.17, 15) is 9.59 Å². The third kappa shape index (κ3) is 3.46. The highest BCUT2D eigenvalue weighted by molar-refractivity contribution is 5.89. The predicted octanol–water partition coefficient (Wildman–Crippen LogP) is -0.779. The molecule has 0 saturated heterocycles. The van der Waals surface area contributed by atoms with Gasteiger partial charge in [0.15, 0.2) is 0 Å². The van der Waals surface area contributed by atoms with Gasteiger partial charge in [-0.25, -0.2) is 0 Å². The molecule has 6 nitrogen and oxygen atoms in total. The molecule has 6 heteroatoms. The van der Waals surface area contributed by atoms with Gasteiger partial charge in [-0.1, -0.05) is 0 Å². The van der Waals surface area contributed by atoms with Gasteiger partial charge in [-0.3, -0.25) is 9.59 Å². The lowest BCUT2D eigenvalue weighted by atomic mass is 10.2. The number of aliphatic hydroxyl groups excluding tert-OH is 1. The topological polar surface area (TPSA) is 95.9 Å². The first kappa shape index (κ1) is 12.9. The van der Waals surface area contributed by atoms with Crippen LogP contribution in [-0.4, -0.2) is 48.5 Å². The summed E-state index contributed by atoms with van der Waals surface area (Å²) in [6.45, 7) is 0.276. The second kappa shape index (κ2) is 5.81. The lowest BCUT2D eigenvalue weighted by molar-refractivity contribution is -0.140. The third-order valence-corrected chi connectivity index (χ3v) is 2.64. The van der Waals surface area contributed by atoms with E-state index in [2.05, 4.69) is 5.32 Å². The Hall–Kier alpha value is -1.14. The van der Waals surface area contributed by atoms with Gasteiger partial charge < -0.3 is 20.3 Å². The maximum absolute atomic E-state index is 11.6. The van der Waals surface area contributed by atoms with Crippen LogP contribution in [0.15, 0.2) is 0 Å². The van der Waals surface area contributed by atoms with Crippen molar-refractivity contribution in [1.82, 2.24) is 5.32 Å². The fraction of sp³-hybridized carbons (Fsp3) is 0.800. The number of methoxy groups -OCH3 is 1. The molecule has 0 aromatic heterocycles. The molecule has 3 N–H and O–H groups in total. The largest absolute Gasteiger partial charge is 0.481 e. The zero-order chi connectivity index (χ0) is 12.1. The minimum Gasteiger partial charge on any atom is -0.481 e. The Bertz CT molecular complexity index is 262. The van der Waals surface area contributed by atoms with Crippen molar-refractivity contribution in [3.63, 3.8) is 0 Å². The first-order chi connectivity index (χ1) is 7.60. The van der Waals surface area contributed by atoms with Crippen molar-refractivity contribution in [2.75, 3.05) is 20.3 Å². The smallest absolute Gasteiger partial charge is 0.307 e. The van der Waals surface area contributed by atoms with Crippen LogP contribution in [0.1, 0.15) is 12.8 Å². The molecular formula is C10H17NO5. The van der Waals surface area contributed by atoms with Crippen LogP contribution in [0.3, 0.4) is 0 Å². The minimum absolute atomic E-state index is 0.0403. The Morgan fingerprint density at radius 2 is 2.19 bits per heavy atom. The van der Waals surface area contributed by atoms with Gasteiger partial charge in [0.05, 0.1) is 24.5 Å². The molecule has 1 unspecified atom stereocenters. The predicted molar refractivity (Wildman–Crippen MR) is 54.7 cm³/mol. The Kier molecular flexibility index (Phi) is 4.70. The number of aliphatic hydroxyl groups is 1. The SMILES string of the molecule is COCC(CCO)NC(=O)[C@@H]1C[C@@H]1C(=O)O. The monoisotopic (exact) mass is 231 g/mol. The molecule has 1 aliphatic carbocycles. The lowest BCUT2D eigenvalue weighted by Crippen LogP contribution is -2.40. The summed E-state index contributed by atoms with van der Waals surface area (Å²) in [5.74, 6) is -2.15. The summed E-state index contributed by atoms with van der Waals surface area (Å²) in [4.78, 5) is 22.1. The zero-order valence-corrected chi connectivity index (χ0v) is 9.18. The van der Waals surface area contributed by atoms with E-state index in [0.29, 0.717) is 19.4 Å². The van der Waals surface area contributed by atoms with E-state index in [4.69, 9.17) is 14.9 Å². The minimum atomic E-state index is -0.925. The van der Waals surface area contributed by atoms with Crippen molar-refractivity contribution in [2.24, 2.45) is 11.8 Å². The van der Waals surface area contributed by atoms with E-state index in [1.54, 1.807) is 0 Å². The van der Waals surface area contributed by atoms with E-state index in [1.165, 1.54) is 7.11 Å². The first-order valence-electron chi connectivity index (χ1n) is 5.23. The number of carboxylic acids is 1. The van der Waals surface area contributed by atoms with Crippen LogP contribution in [0.25, 0.3) is 0 Å². The van der Waals surface area contributed by atoms with Crippen LogP contribution < -0.4 is 5.32 Å². The zero-order valence-electron chi connectivity index (χ0n) is 9.18. The number of carboxylic acid groups (broad SMARTS) is 1. The molecule has 0 spiro atoms. The fourth-order valence-corrected chi connectivity index (χ4v) is 1.62. The maximum Gasteiger partial charge on any atom is 0.307 e. The summed E-state index contributed by atoms with van der Waals surface area (Å²) in [7, 11) is 1.51. The number of nitrogens with one attached hydrogen (secondary N) is 1. The van der Waals surface area contributed by atoms with Gasteiger partial charge in [-0.2, -0.15) is 0 Å². The molecule has 1 aliphatic rings. The van der Waals surface area contributed by atoms with E-state index in [0.717, 1.165) is 0 Å². The van der Waals surface area contributed by atoms with E-state index >= 15 is 0 Å². The fourth-order valence-electron chi connectivity index (χ4n) is 1.62. The van der Waals surface area contributed by atoms with Crippen LogP contribution in [0.4, 0.5) is 0 Å². The highest BCUT2D eigenvalue weighted by atomic mass is 16.5. The van der Waals surface area contributed by atoms with Crippen LogP contribution in [-0.2, 0) is 14.3 Å². The van der Waals surface area contributed by atoms with Crippen LogP contribution >= 0.6 is 0 Å². The van der Waals surface area contributed by atoms with Gasteiger partial charge in [0, 0.05) is 13.7 Å². The number of hydrogen-bond donors (Lipinski definition) is 3. The molecule has 3 atom stereocenters. The number of aliphatic carboxylic acids is 1. The summed E-state index contributed by atoms with van der Waals surface area (Å²) in [6.07, 6.45) is 0.810. The standard InChI is InChI=1S/C10H17NO5/c1-16-5-6(2-3-12)11-9(13)7-4-8(7)10(14)15/h6-8,12H,2-5H2,1H3,(H,11,13)(H,14,15)/t6?,7-,8+/m1/s1. The van der Waals surface area contributed by atoms with Gasteiger partial charge in [0.2, 0.25) is 5.91 Å². The van der Waals surface area contributed by atoms with Crippen molar-refractivity contribution < 1.29 is 24.5 Å². The number of amides is 1. The number of ether oxygens (including phenoxy) is 1. The number of rotatable bonds is 7. The number of carbonyl (C=O) groups is 2. The molecule has 0 aromatic carbocycles. The van der Waals surface area contributed by atoms with Crippen LogP contribution in [0.2, 0.25) is 0 Å². The van der Waals surface area contributed by atoms with Gasteiger partial charge in [-0.05, 0) is 12.8 Å². The van der Waals surface area contributed by atoms with Crippen molar-refractivity contribution in [3.05, 3.63) is 0 Å². The molecule has 1 rings (SSSR count). The van der Waals surface area contributed by atoms with Gasteiger partial charge in [0.1, 0.15) is 0 Å². The van der Waals surface area contributed by atoms with E-state index < -0.39 is 17.8 Å². The summed E-state index contributed by atoms with van der Waals surface area (Å²) in [6, 6.07) is -0.252. The van der Waals surface area contributed by atoms with Crippen molar-refractivity contribution >= 4 is 11.9 Å². The van der Waals surface area contributed by atoms with Crippen molar-refractivity contribution in [1.29, 1.82) is 0 Å². The molecule has 0 bridgehead atoms. The maximum atomic E-state index is 11.6. The average Bonchev–Trinajstić information content (AvgIpc) is 2.97. The van der Waals surface area contributed by atoms with Gasteiger partial charge >= 0.3 is 5.97 Å². The van der Waals surface area contributed by atoms with Crippen LogP contribution in [0.5, 0.6) is 0 Å². The Morgan fingerprint density at radius 1 is 1.50 bits per heavy atom. The molecule has 92 valence electrons. The third-order valence-electron chi connectivity index (χ3n) is 2.64. The molecule has 1 fully saturated rings. The number of hydrogen-bond acceptors (Lipinski definition) is 4. The quantitative estimate of drug-likeness (QED) is 0.534. The summed E-state index contributed by atoms with van der Waals surface area (Å²) in [5, 5.41) is 20.1. The summed E-state index contributed by atoms with van der Waals surface area (Å²) in [5.41, 5.74) is 0.